The maximum absolute atomic E-state index is 10.2. The van der Waals surface area contributed by atoms with Gasteiger partial charge in [-0.15, -0.1) is 0 Å². The molecule has 0 aromatic rings. The molecule has 0 aromatic heterocycles. The summed E-state index contributed by atoms with van der Waals surface area (Å²) in [7, 11) is 0. The van der Waals surface area contributed by atoms with Crippen molar-refractivity contribution in [2.24, 2.45) is 0 Å². The summed E-state index contributed by atoms with van der Waals surface area (Å²) in [6.07, 6.45) is 0. The van der Waals surface area contributed by atoms with Crippen LogP contribution in [0.3, 0.4) is 0 Å². The van der Waals surface area contributed by atoms with Crippen molar-refractivity contribution in [3.05, 3.63) is 23.8 Å². The van der Waals surface area contributed by atoms with Gasteiger partial charge in [-0.25, -0.2) is 4.79 Å². The molecule has 9 heavy (non-hydrogen) atoms. The van der Waals surface area contributed by atoms with Crippen LogP contribution in [0.15, 0.2) is 18.2 Å². The Bertz CT molecular complexity index is 269. The predicted octanol–water partition coefficient (Wildman–Crippen LogP) is 1.37. The second kappa shape index (κ2) is 1.16. The van der Waals surface area contributed by atoms with Gasteiger partial charge in [-0.2, -0.15) is 0 Å². The monoisotopic (exact) mass is 120 g/mol. The average Bonchev–Trinajstić information content (AvgIpc) is 2.30. The van der Waals surface area contributed by atoms with Crippen molar-refractivity contribution < 1.29 is 9.90 Å². The SMILES string of the molecule is O=C(O)c1c2cccc1-2. The van der Waals surface area contributed by atoms with Crippen LogP contribution >= 0.6 is 0 Å². The lowest BCUT2D eigenvalue weighted by molar-refractivity contribution is 0.0703. The maximum atomic E-state index is 10.2. The van der Waals surface area contributed by atoms with E-state index in [1.54, 1.807) is 0 Å². The van der Waals surface area contributed by atoms with Gasteiger partial charge in [0.1, 0.15) is 0 Å². The van der Waals surface area contributed by atoms with Crippen molar-refractivity contribution in [3.8, 4) is 11.1 Å². The van der Waals surface area contributed by atoms with Crippen LogP contribution in [0.5, 0.6) is 0 Å². The lowest BCUT2D eigenvalue weighted by atomic mass is 10.4. The lowest BCUT2D eigenvalue weighted by Crippen LogP contribution is -1.85. The fraction of sp³-hybridized carbons (Fsp3) is 0. The Morgan fingerprint density at radius 2 is 1.89 bits per heavy atom. The van der Waals surface area contributed by atoms with Gasteiger partial charge in [0.2, 0.25) is 0 Å². The molecule has 0 atom stereocenters. The van der Waals surface area contributed by atoms with Crippen LogP contribution in [0.1, 0.15) is 10.4 Å². The highest BCUT2D eigenvalue weighted by atomic mass is 16.4. The summed E-state index contributed by atoms with van der Waals surface area (Å²) in [5.41, 5.74) is 2.31. The quantitative estimate of drug-likeness (QED) is 0.617. The molecule has 0 aromatic carbocycles. The van der Waals surface area contributed by atoms with Crippen molar-refractivity contribution >= 4 is 5.97 Å². The number of hydrogen-bond acceptors (Lipinski definition) is 1. The topological polar surface area (TPSA) is 37.3 Å². The van der Waals surface area contributed by atoms with Crippen molar-refractivity contribution in [2.45, 2.75) is 0 Å². The van der Waals surface area contributed by atoms with Crippen LogP contribution in [0, 0.1) is 0 Å². The smallest absolute Gasteiger partial charge is 0.336 e. The highest BCUT2D eigenvalue weighted by Gasteiger charge is 2.28. The van der Waals surface area contributed by atoms with Gasteiger partial charge in [-0.1, -0.05) is 18.2 Å². The van der Waals surface area contributed by atoms with Crippen LogP contribution in [0.25, 0.3) is 11.1 Å². The fourth-order valence-electron chi connectivity index (χ4n) is 1.03. The molecule has 0 unspecified atom stereocenters. The van der Waals surface area contributed by atoms with E-state index >= 15 is 0 Å². The van der Waals surface area contributed by atoms with Gasteiger partial charge in [0.25, 0.3) is 0 Å². The van der Waals surface area contributed by atoms with Crippen molar-refractivity contribution in [3.63, 3.8) is 0 Å². The van der Waals surface area contributed by atoms with E-state index in [2.05, 4.69) is 0 Å². The molecule has 2 nitrogen and oxygen atoms in total. The minimum Gasteiger partial charge on any atom is -0.478 e. The molecule has 2 aliphatic rings. The molecule has 0 saturated carbocycles. The predicted molar refractivity (Wildman–Crippen MR) is 32.4 cm³/mol. The Kier molecular flexibility index (Phi) is 0.585. The van der Waals surface area contributed by atoms with Crippen molar-refractivity contribution in [1.82, 2.24) is 0 Å². The first-order chi connectivity index (χ1) is 4.30. The number of aromatic carboxylic acids is 1. The van der Waals surface area contributed by atoms with Crippen LogP contribution < -0.4 is 0 Å². The minimum absolute atomic E-state index is 0.498. The second-order valence-electron chi connectivity index (χ2n) is 2.03. The molecule has 2 heteroatoms. The minimum atomic E-state index is -0.805. The fourth-order valence-corrected chi connectivity index (χ4v) is 1.03. The maximum Gasteiger partial charge on any atom is 0.336 e. The van der Waals surface area contributed by atoms with E-state index in [-0.39, 0.29) is 0 Å². The molecule has 0 aliphatic heterocycles. The largest absolute Gasteiger partial charge is 0.478 e. The number of carboxylic acid groups (broad SMARTS) is 1. The Morgan fingerprint density at radius 3 is 2.22 bits per heavy atom. The molecule has 0 heterocycles. The third kappa shape index (κ3) is 0.421. The van der Waals surface area contributed by atoms with Gasteiger partial charge in [-0.05, 0) is 11.1 Å². The van der Waals surface area contributed by atoms with E-state index in [4.69, 9.17) is 5.11 Å². The van der Waals surface area contributed by atoms with Gasteiger partial charge < -0.3 is 5.11 Å². The molecule has 1 N–H and O–H groups in total. The van der Waals surface area contributed by atoms with Crippen LogP contribution in [-0.2, 0) is 0 Å². The molecule has 0 bridgehead atoms. The number of benzene rings is 1. The molecular formula is C7H4O2. The van der Waals surface area contributed by atoms with E-state index < -0.39 is 5.97 Å². The standard InChI is InChI=1S/C7H4O2/c8-7(9)6-4-2-1-3-5(4)6/h1-3H,(H,8,9). The molecule has 0 spiro atoms. The van der Waals surface area contributed by atoms with Gasteiger partial charge in [-0.3, -0.25) is 0 Å². The number of hydrogen-bond donors (Lipinski definition) is 1. The zero-order chi connectivity index (χ0) is 6.43. The number of fused-ring (bicyclic) bond motifs is 1. The highest BCUT2D eigenvalue weighted by Crippen LogP contribution is 2.42. The van der Waals surface area contributed by atoms with Gasteiger partial charge in [0, 0.05) is 0 Å². The first-order valence-corrected chi connectivity index (χ1v) is 2.67. The van der Waals surface area contributed by atoms with Crippen LogP contribution in [0.4, 0.5) is 0 Å². The Balaban J connectivity index is 2.53. The normalized spacial score (nSPS) is 11.1. The van der Waals surface area contributed by atoms with E-state index in [1.807, 2.05) is 18.2 Å². The van der Waals surface area contributed by atoms with E-state index in [1.165, 1.54) is 0 Å². The molecule has 2 rings (SSSR count). The first kappa shape index (κ1) is 4.56. The zero-order valence-corrected chi connectivity index (χ0v) is 4.59. The van der Waals surface area contributed by atoms with Gasteiger partial charge in [0.05, 0.1) is 5.56 Å². The molecular weight excluding hydrogens is 116 g/mol. The van der Waals surface area contributed by atoms with Crippen LogP contribution in [-0.4, -0.2) is 11.1 Å². The summed E-state index contributed by atoms with van der Waals surface area (Å²) in [5.74, 6) is -0.805. The first-order valence-electron chi connectivity index (χ1n) is 2.67. The summed E-state index contributed by atoms with van der Waals surface area (Å²) in [6.45, 7) is 0. The molecule has 44 valence electrons. The highest BCUT2D eigenvalue weighted by molar-refractivity contribution is 6.13. The summed E-state index contributed by atoms with van der Waals surface area (Å²) in [6, 6.07) is 5.49. The lowest BCUT2D eigenvalue weighted by Gasteiger charge is -1.72. The zero-order valence-electron chi connectivity index (χ0n) is 4.59. The molecule has 0 amide bonds. The van der Waals surface area contributed by atoms with Crippen molar-refractivity contribution in [2.75, 3.05) is 0 Å². The third-order valence-corrected chi connectivity index (χ3v) is 1.51. The van der Waals surface area contributed by atoms with Crippen molar-refractivity contribution in [1.29, 1.82) is 0 Å². The Morgan fingerprint density at radius 1 is 1.33 bits per heavy atom. The second-order valence-corrected chi connectivity index (χ2v) is 2.03. The van der Waals surface area contributed by atoms with E-state index in [0.717, 1.165) is 11.1 Å². The molecule has 2 aliphatic carbocycles. The molecule has 0 fully saturated rings. The number of carboxylic acids is 1. The summed E-state index contributed by atoms with van der Waals surface area (Å²) >= 11 is 0. The average molecular weight is 120 g/mol. The number of rotatable bonds is 1. The van der Waals surface area contributed by atoms with E-state index in [9.17, 15) is 4.79 Å². The van der Waals surface area contributed by atoms with Gasteiger partial charge >= 0.3 is 5.97 Å². The van der Waals surface area contributed by atoms with E-state index in [0.29, 0.717) is 5.56 Å². The molecule has 0 radical (unpaired) electrons. The van der Waals surface area contributed by atoms with Crippen LogP contribution in [0.2, 0.25) is 0 Å². The number of carbonyl (C=O) groups is 1. The van der Waals surface area contributed by atoms with Gasteiger partial charge in [0.15, 0.2) is 0 Å². The summed E-state index contributed by atoms with van der Waals surface area (Å²) in [5, 5.41) is 8.43. The summed E-state index contributed by atoms with van der Waals surface area (Å²) in [4.78, 5) is 10.2. The third-order valence-electron chi connectivity index (χ3n) is 1.51. The summed E-state index contributed by atoms with van der Waals surface area (Å²) < 4.78 is 0. The molecule has 0 saturated heterocycles. The Labute approximate surface area is 51.7 Å². The Hall–Kier alpha value is -1.31.